The van der Waals surface area contributed by atoms with Gasteiger partial charge in [-0.3, -0.25) is 0 Å². The SMILES string of the molecule is CC(C)(c1ccccc1)C(O)c1ccc2c(c1)CCO2. The standard InChI is InChI=1S/C18H20O2/c1-18(2,15-6-4-3-5-7-15)17(19)14-8-9-16-13(12-14)10-11-20-16/h3-9,12,17,19H,10-11H2,1-2H3. The minimum absolute atomic E-state index is 0.324. The molecule has 1 atom stereocenters. The molecule has 3 rings (SSSR count). The Kier molecular flexibility index (Phi) is 3.27. The van der Waals surface area contributed by atoms with E-state index in [9.17, 15) is 5.11 Å². The summed E-state index contributed by atoms with van der Waals surface area (Å²) in [6.45, 7) is 4.91. The molecule has 0 radical (unpaired) electrons. The van der Waals surface area contributed by atoms with E-state index in [-0.39, 0.29) is 5.41 Å². The van der Waals surface area contributed by atoms with Crippen molar-refractivity contribution in [3.8, 4) is 5.75 Å². The van der Waals surface area contributed by atoms with E-state index in [1.54, 1.807) is 0 Å². The summed E-state index contributed by atoms with van der Waals surface area (Å²) in [5.74, 6) is 0.957. The van der Waals surface area contributed by atoms with Gasteiger partial charge in [0, 0.05) is 11.8 Å². The molecule has 20 heavy (non-hydrogen) atoms. The normalized spacial score (nSPS) is 15.6. The van der Waals surface area contributed by atoms with Gasteiger partial charge in [0.05, 0.1) is 12.7 Å². The minimum atomic E-state index is -0.532. The fourth-order valence-corrected chi connectivity index (χ4v) is 2.82. The van der Waals surface area contributed by atoms with Gasteiger partial charge in [-0.05, 0) is 28.8 Å². The van der Waals surface area contributed by atoms with Crippen molar-refractivity contribution >= 4 is 0 Å². The molecule has 2 aromatic carbocycles. The van der Waals surface area contributed by atoms with Crippen molar-refractivity contribution in [2.45, 2.75) is 31.8 Å². The number of hydrogen-bond acceptors (Lipinski definition) is 2. The Labute approximate surface area is 120 Å². The third-order valence-corrected chi connectivity index (χ3v) is 4.23. The molecule has 104 valence electrons. The minimum Gasteiger partial charge on any atom is -0.493 e. The Morgan fingerprint density at radius 2 is 1.85 bits per heavy atom. The fourth-order valence-electron chi connectivity index (χ4n) is 2.82. The lowest BCUT2D eigenvalue weighted by molar-refractivity contribution is 0.100. The molecule has 0 bridgehead atoms. The van der Waals surface area contributed by atoms with E-state index < -0.39 is 6.10 Å². The number of fused-ring (bicyclic) bond motifs is 1. The summed E-state index contributed by atoms with van der Waals surface area (Å²) in [6.07, 6.45) is 0.401. The molecule has 1 heterocycles. The van der Waals surface area contributed by atoms with Crippen LogP contribution in [0.2, 0.25) is 0 Å². The average Bonchev–Trinajstić information content (AvgIpc) is 2.94. The van der Waals surface area contributed by atoms with Crippen LogP contribution in [-0.4, -0.2) is 11.7 Å². The molecule has 0 amide bonds. The van der Waals surface area contributed by atoms with E-state index >= 15 is 0 Å². The maximum Gasteiger partial charge on any atom is 0.122 e. The highest BCUT2D eigenvalue weighted by atomic mass is 16.5. The van der Waals surface area contributed by atoms with Crippen LogP contribution in [0.3, 0.4) is 0 Å². The van der Waals surface area contributed by atoms with Gasteiger partial charge < -0.3 is 9.84 Å². The number of aliphatic hydroxyl groups is 1. The van der Waals surface area contributed by atoms with Crippen LogP contribution in [0, 0.1) is 0 Å². The van der Waals surface area contributed by atoms with Crippen LogP contribution in [0.25, 0.3) is 0 Å². The molecule has 0 saturated heterocycles. The lowest BCUT2D eigenvalue weighted by Gasteiger charge is -2.31. The summed E-state index contributed by atoms with van der Waals surface area (Å²) in [4.78, 5) is 0. The molecule has 0 aliphatic carbocycles. The van der Waals surface area contributed by atoms with Crippen molar-refractivity contribution in [1.82, 2.24) is 0 Å². The van der Waals surface area contributed by atoms with Crippen molar-refractivity contribution < 1.29 is 9.84 Å². The first-order chi connectivity index (χ1) is 9.59. The summed E-state index contributed by atoms with van der Waals surface area (Å²) >= 11 is 0. The molecule has 1 aliphatic rings. The van der Waals surface area contributed by atoms with Gasteiger partial charge in [0.25, 0.3) is 0 Å². The molecule has 2 nitrogen and oxygen atoms in total. The zero-order valence-electron chi connectivity index (χ0n) is 12.0. The van der Waals surface area contributed by atoms with Crippen LogP contribution in [0.15, 0.2) is 48.5 Å². The van der Waals surface area contributed by atoms with Crippen molar-refractivity contribution in [3.05, 3.63) is 65.2 Å². The monoisotopic (exact) mass is 268 g/mol. The summed E-state index contributed by atoms with van der Waals surface area (Å²) in [5, 5.41) is 10.8. The van der Waals surface area contributed by atoms with Gasteiger partial charge in [-0.15, -0.1) is 0 Å². The molecule has 0 saturated carbocycles. The van der Waals surface area contributed by atoms with E-state index in [2.05, 4.69) is 32.0 Å². The van der Waals surface area contributed by atoms with Gasteiger partial charge in [-0.25, -0.2) is 0 Å². The number of hydrogen-bond donors (Lipinski definition) is 1. The van der Waals surface area contributed by atoms with E-state index in [4.69, 9.17) is 4.74 Å². The highest BCUT2D eigenvalue weighted by molar-refractivity contribution is 5.42. The first-order valence-corrected chi connectivity index (χ1v) is 7.08. The van der Waals surface area contributed by atoms with Gasteiger partial charge in [0.1, 0.15) is 5.75 Å². The van der Waals surface area contributed by atoms with Crippen molar-refractivity contribution in [3.63, 3.8) is 0 Å². The second-order valence-electron chi connectivity index (χ2n) is 5.96. The second-order valence-corrected chi connectivity index (χ2v) is 5.96. The lowest BCUT2D eigenvalue weighted by Crippen LogP contribution is -2.26. The number of aliphatic hydroxyl groups excluding tert-OH is 1. The molecule has 1 unspecified atom stereocenters. The van der Waals surface area contributed by atoms with E-state index in [1.165, 1.54) is 5.56 Å². The molecule has 0 spiro atoms. The van der Waals surface area contributed by atoms with Crippen LogP contribution >= 0.6 is 0 Å². The topological polar surface area (TPSA) is 29.5 Å². The molecule has 2 aromatic rings. The van der Waals surface area contributed by atoms with Gasteiger partial charge in [0.2, 0.25) is 0 Å². The third kappa shape index (κ3) is 2.20. The molecular formula is C18H20O2. The first-order valence-electron chi connectivity index (χ1n) is 7.08. The fraction of sp³-hybridized carbons (Fsp3) is 0.333. The van der Waals surface area contributed by atoms with Crippen LogP contribution in [0.1, 0.15) is 36.6 Å². The molecule has 2 heteroatoms. The van der Waals surface area contributed by atoms with Crippen LogP contribution < -0.4 is 4.74 Å². The van der Waals surface area contributed by atoms with Crippen molar-refractivity contribution in [2.75, 3.05) is 6.61 Å². The Hall–Kier alpha value is -1.80. The van der Waals surface area contributed by atoms with Crippen molar-refractivity contribution in [1.29, 1.82) is 0 Å². The van der Waals surface area contributed by atoms with Gasteiger partial charge in [-0.1, -0.05) is 50.2 Å². The van der Waals surface area contributed by atoms with Crippen LogP contribution in [-0.2, 0) is 11.8 Å². The average molecular weight is 268 g/mol. The Bertz CT molecular complexity index is 602. The predicted molar refractivity (Wildman–Crippen MR) is 80.1 cm³/mol. The lowest BCUT2D eigenvalue weighted by atomic mass is 9.76. The summed E-state index contributed by atoms with van der Waals surface area (Å²) in [7, 11) is 0. The van der Waals surface area contributed by atoms with Crippen LogP contribution in [0.4, 0.5) is 0 Å². The predicted octanol–water partition coefficient (Wildman–Crippen LogP) is 3.63. The van der Waals surface area contributed by atoms with E-state index in [0.29, 0.717) is 0 Å². The highest BCUT2D eigenvalue weighted by Gasteiger charge is 2.31. The van der Waals surface area contributed by atoms with Crippen LogP contribution in [0.5, 0.6) is 5.75 Å². The first kappa shape index (κ1) is 13.2. The quantitative estimate of drug-likeness (QED) is 0.921. The smallest absolute Gasteiger partial charge is 0.122 e. The maximum absolute atomic E-state index is 10.8. The largest absolute Gasteiger partial charge is 0.493 e. The Morgan fingerprint density at radius 3 is 2.60 bits per heavy atom. The summed E-state index contributed by atoms with van der Waals surface area (Å²) in [6, 6.07) is 16.2. The molecule has 0 aromatic heterocycles. The van der Waals surface area contributed by atoms with E-state index in [0.717, 1.165) is 29.9 Å². The summed E-state index contributed by atoms with van der Waals surface area (Å²) in [5.41, 5.74) is 2.98. The molecule has 0 fully saturated rings. The molecular weight excluding hydrogens is 248 g/mol. The number of benzene rings is 2. The van der Waals surface area contributed by atoms with Gasteiger partial charge in [0.15, 0.2) is 0 Å². The maximum atomic E-state index is 10.8. The Morgan fingerprint density at radius 1 is 1.10 bits per heavy atom. The molecule has 1 N–H and O–H groups in total. The van der Waals surface area contributed by atoms with E-state index in [1.807, 2.05) is 30.3 Å². The number of ether oxygens (including phenoxy) is 1. The second kappa shape index (κ2) is 4.95. The van der Waals surface area contributed by atoms with Gasteiger partial charge in [-0.2, -0.15) is 0 Å². The third-order valence-electron chi connectivity index (χ3n) is 4.23. The van der Waals surface area contributed by atoms with Gasteiger partial charge >= 0.3 is 0 Å². The zero-order chi connectivity index (χ0) is 14.2. The Balaban J connectivity index is 1.94. The summed E-state index contributed by atoms with van der Waals surface area (Å²) < 4.78 is 5.52. The number of rotatable bonds is 3. The molecule has 1 aliphatic heterocycles. The van der Waals surface area contributed by atoms with Crippen molar-refractivity contribution in [2.24, 2.45) is 0 Å². The zero-order valence-corrected chi connectivity index (χ0v) is 12.0. The highest BCUT2D eigenvalue weighted by Crippen LogP contribution is 2.38.